The van der Waals surface area contributed by atoms with Gasteiger partial charge in [0, 0.05) is 54.7 Å². The minimum Gasteiger partial charge on any atom is -0.387 e. The summed E-state index contributed by atoms with van der Waals surface area (Å²) in [7, 11) is 0. The van der Waals surface area contributed by atoms with E-state index < -0.39 is 24.6 Å². The number of aromatic amines is 1. The Labute approximate surface area is 317 Å². The standard InChI is InChI=1S/C39H45N7O5S2/c1-22(2)33(42-24(5)48)38(50)45-14-6-8-30(45)29-16-25(17-40-29)10-11-26-20-52-36-27(21-53-35(26)36)12-13-28-18-41-37(43-28)31-9-7-15-46(31)39(51)34(23(3)4)44-32(49)19-47/h17-18,20-23,30-31,33-34,47H,6-9,14-16,19H2,1-5H3,(H,41,43)(H,42,48)(H,44,49)/t30?,31?,33-,34-/m0/s1. The molecular weight excluding hydrogens is 711 g/mol. The van der Waals surface area contributed by atoms with Gasteiger partial charge in [-0.2, -0.15) is 0 Å². The molecule has 4 N–H and O–H groups in total. The van der Waals surface area contributed by atoms with E-state index in [0.717, 1.165) is 57.5 Å². The third kappa shape index (κ3) is 8.41. The van der Waals surface area contributed by atoms with Crippen LogP contribution in [0.25, 0.3) is 9.40 Å². The third-order valence-corrected chi connectivity index (χ3v) is 11.9. The molecule has 4 atom stereocenters. The Morgan fingerprint density at radius 3 is 2.08 bits per heavy atom. The first-order valence-corrected chi connectivity index (χ1v) is 19.8. The molecule has 3 aromatic rings. The van der Waals surface area contributed by atoms with Crippen LogP contribution >= 0.6 is 22.7 Å². The zero-order chi connectivity index (χ0) is 37.8. The molecule has 6 rings (SSSR count). The summed E-state index contributed by atoms with van der Waals surface area (Å²) in [5, 5.41) is 18.8. The Morgan fingerprint density at radius 1 is 0.887 bits per heavy atom. The van der Waals surface area contributed by atoms with E-state index >= 15 is 0 Å². The topological polar surface area (TPSA) is 160 Å². The fraction of sp³-hybridized carbons (Fsp3) is 0.487. The summed E-state index contributed by atoms with van der Waals surface area (Å²) in [4.78, 5) is 66.7. The van der Waals surface area contributed by atoms with E-state index in [9.17, 15) is 24.3 Å². The highest BCUT2D eigenvalue weighted by molar-refractivity contribution is 7.26. The largest absolute Gasteiger partial charge is 0.387 e. The number of carbonyl (C=O) groups excluding carboxylic acids is 4. The number of thiophene rings is 2. The van der Waals surface area contributed by atoms with Gasteiger partial charge in [-0.1, -0.05) is 45.5 Å². The lowest BCUT2D eigenvalue weighted by Gasteiger charge is -2.31. The van der Waals surface area contributed by atoms with Crippen LogP contribution in [0.3, 0.4) is 0 Å². The molecule has 0 aliphatic carbocycles. The fourth-order valence-corrected chi connectivity index (χ4v) is 9.26. The molecule has 3 aliphatic rings. The van der Waals surface area contributed by atoms with Gasteiger partial charge in [0.15, 0.2) is 0 Å². The average Bonchev–Trinajstić information content (AvgIpc) is 3.97. The number of amides is 4. The average molecular weight is 756 g/mol. The summed E-state index contributed by atoms with van der Waals surface area (Å²) >= 11 is 3.21. The number of imidazole rings is 1. The molecule has 2 saturated heterocycles. The predicted octanol–water partition coefficient (Wildman–Crippen LogP) is 4.11. The first-order valence-electron chi connectivity index (χ1n) is 18.1. The first kappa shape index (κ1) is 38.0. The van der Waals surface area contributed by atoms with Crippen LogP contribution in [0.15, 0.2) is 33.7 Å². The van der Waals surface area contributed by atoms with Crippen molar-refractivity contribution >= 4 is 61.4 Å². The van der Waals surface area contributed by atoms with Crippen LogP contribution < -0.4 is 10.6 Å². The number of aliphatic imine (C=N–C) groups is 1. The summed E-state index contributed by atoms with van der Waals surface area (Å²) in [6, 6.07) is -1.62. The number of hydrogen-bond donors (Lipinski definition) is 4. The second-order valence-corrected chi connectivity index (χ2v) is 16.1. The predicted molar refractivity (Wildman–Crippen MR) is 206 cm³/mol. The summed E-state index contributed by atoms with van der Waals surface area (Å²) in [6.07, 6.45) is 7.40. The number of fused-ring (bicyclic) bond motifs is 1. The van der Waals surface area contributed by atoms with Crippen LogP contribution in [0.1, 0.15) is 95.4 Å². The molecule has 0 saturated carbocycles. The van der Waals surface area contributed by atoms with Gasteiger partial charge in [0.25, 0.3) is 0 Å². The number of aliphatic hydroxyl groups is 1. The van der Waals surface area contributed by atoms with E-state index in [0.29, 0.717) is 31.0 Å². The normalized spacial score (nSPS) is 19.4. The third-order valence-electron chi connectivity index (χ3n) is 9.78. The van der Waals surface area contributed by atoms with Crippen LogP contribution in [0.5, 0.6) is 0 Å². The molecule has 0 bridgehead atoms. The minimum absolute atomic E-state index is 0.0194. The Balaban J connectivity index is 1.09. The second-order valence-electron chi connectivity index (χ2n) is 14.3. The highest BCUT2D eigenvalue weighted by atomic mass is 32.1. The Morgan fingerprint density at radius 2 is 1.47 bits per heavy atom. The molecule has 278 valence electrons. The van der Waals surface area contributed by atoms with E-state index in [1.165, 1.54) is 6.92 Å². The first-order chi connectivity index (χ1) is 25.4. The van der Waals surface area contributed by atoms with E-state index in [2.05, 4.69) is 49.7 Å². The van der Waals surface area contributed by atoms with E-state index in [1.807, 2.05) is 44.2 Å². The van der Waals surface area contributed by atoms with Crippen LogP contribution in [0.4, 0.5) is 0 Å². The van der Waals surface area contributed by atoms with Gasteiger partial charge in [0.05, 0.1) is 38.8 Å². The zero-order valence-electron chi connectivity index (χ0n) is 30.6. The van der Waals surface area contributed by atoms with Crippen LogP contribution in [-0.4, -0.2) is 92.0 Å². The van der Waals surface area contributed by atoms with Crippen molar-refractivity contribution in [2.24, 2.45) is 16.8 Å². The number of nitrogens with one attached hydrogen (secondary N) is 3. The van der Waals surface area contributed by atoms with Crippen molar-refractivity contribution in [3.8, 4) is 23.7 Å². The number of rotatable bonds is 9. The number of allylic oxidation sites excluding steroid dienone is 1. The van der Waals surface area contributed by atoms with Gasteiger partial charge in [-0.3, -0.25) is 24.2 Å². The Hall–Kier alpha value is -4.76. The monoisotopic (exact) mass is 755 g/mol. The van der Waals surface area contributed by atoms with Crippen molar-refractivity contribution < 1.29 is 24.3 Å². The molecule has 12 nitrogen and oxygen atoms in total. The van der Waals surface area contributed by atoms with Crippen molar-refractivity contribution in [2.45, 2.75) is 90.9 Å². The molecule has 14 heteroatoms. The van der Waals surface area contributed by atoms with Crippen molar-refractivity contribution in [3.63, 3.8) is 0 Å². The smallest absolute Gasteiger partial charge is 0.246 e. The summed E-state index contributed by atoms with van der Waals surface area (Å²) in [5.41, 5.74) is 4.34. The quantitative estimate of drug-likeness (QED) is 0.241. The number of carbonyl (C=O) groups is 4. The number of aromatic nitrogens is 2. The number of likely N-dealkylation sites (tertiary alicyclic amines) is 2. The van der Waals surface area contributed by atoms with Gasteiger partial charge in [-0.25, -0.2) is 4.98 Å². The molecule has 6 heterocycles. The van der Waals surface area contributed by atoms with Crippen LogP contribution in [-0.2, 0) is 19.2 Å². The Bertz CT molecular complexity index is 2080. The molecular formula is C39H45N7O5S2. The van der Waals surface area contributed by atoms with Gasteiger partial charge in [0.1, 0.15) is 30.2 Å². The maximum atomic E-state index is 13.4. The lowest BCUT2D eigenvalue weighted by atomic mass is 10.00. The van der Waals surface area contributed by atoms with Gasteiger partial charge in [-0.05, 0) is 43.4 Å². The van der Waals surface area contributed by atoms with E-state index in [4.69, 9.17) is 4.99 Å². The van der Waals surface area contributed by atoms with Crippen LogP contribution in [0, 0.1) is 35.5 Å². The molecule has 0 radical (unpaired) electrons. The molecule has 3 aromatic heterocycles. The van der Waals surface area contributed by atoms with Crippen molar-refractivity contribution in [2.75, 3.05) is 19.7 Å². The lowest BCUT2D eigenvalue weighted by Crippen LogP contribution is -2.53. The summed E-state index contributed by atoms with van der Waals surface area (Å²) < 4.78 is 2.15. The number of hydrogen-bond acceptors (Lipinski definition) is 9. The minimum atomic E-state index is -0.729. The summed E-state index contributed by atoms with van der Waals surface area (Å²) in [6.45, 7) is 9.60. The molecule has 3 aliphatic heterocycles. The SMILES string of the molecule is CC(=O)N[C@H](C(=O)N1CCCC1C1=NC=C(C#Cc2csc3c(C#Cc4cnc(C5CCCN5C(=O)[C@@H](NC(=O)CO)C(C)C)[nH]4)csc23)C1)C(C)C. The maximum absolute atomic E-state index is 13.4. The van der Waals surface area contributed by atoms with Crippen molar-refractivity contribution in [1.82, 2.24) is 30.4 Å². The molecule has 4 amide bonds. The highest BCUT2D eigenvalue weighted by Crippen LogP contribution is 2.35. The van der Waals surface area contributed by atoms with Crippen molar-refractivity contribution in [1.29, 1.82) is 0 Å². The summed E-state index contributed by atoms with van der Waals surface area (Å²) in [5.74, 6) is 12.6. The number of aliphatic hydroxyl groups excluding tert-OH is 1. The molecule has 53 heavy (non-hydrogen) atoms. The van der Waals surface area contributed by atoms with Crippen molar-refractivity contribution in [3.05, 3.63) is 51.4 Å². The zero-order valence-corrected chi connectivity index (χ0v) is 32.2. The maximum Gasteiger partial charge on any atom is 0.246 e. The number of H-pyrrole nitrogens is 1. The van der Waals surface area contributed by atoms with Gasteiger partial charge in [0.2, 0.25) is 23.6 Å². The van der Waals surface area contributed by atoms with Gasteiger partial charge < -0.3 is 30.5 Å². The van der Waals surface area contributed by atoms with Gasteiger partial charge in [-0.15, -0.1) is 22.7 Å². The molecule has 0 aromatic carbocycles. The highest BCUT2D eigenvalue weighted by Gasteiger charge is 2.39. The molecule has 0 spiro atoms. The van der Waals surface area contributed by atoms with Crippen LogP contribution in [0.2, 0.25) is 0 Å². The lowest BCUT2D eigenvalue weighted by molar-refractivity contribution is -0.139. The molecule has 2 fully saturated rings. The number of nitrogens with zero attached hydrogens (tertiary/aromatic N) is 4. The second kappa shape index (κ2) is 16.5. The van der Waals surface area contributed by atoms with E-state index in [1.54, 1.807) is 33.8 Å². The Kier molecular flexibility index (Phi) is 11.8. The van der Waals surface area contributed by atoms with Gasteiger partial charge >= 0.3 is 0 Å². The van der Waals surface area contributed by atoms with E-state index in [-0.39, 0.29) is 41.6 Å². The molecule has 2 unspecified atom stereocenters. The fourth-order valence-electron chi connectivity index (χ4n) is 7.09.